The maximum absolute atomic E-state index is 11.9. The number of hydrogen-bond donors (Lipinski definition) is 0. The van der Waals surface area contributed by atoms with Gasteiger partial charge in [0.15, 0.2) is 0 Å². The van der Waals surface area contributed by atoms with Gasteiger partial charge in [-0.25, -0.2) is 4.79 Å². The lowest BCUT2D eigenvalue weighted by Gasteiger charge is -2.37. The van der Waals surface area contributed by atoms with Gasteiger partial charge in [-0.3, -0.25) is 0 Å². The van der Waals surface area contributed by atoms with Crippen LogP contribution >= 0.6 is 0 Å². The first-order valence-corrected chi connectivity index (χ1v) is 7.28. The van der Waals surface area contributed by atoms with Crippen molar-refractivity contribution in [2.45, 2.75) is 19.3 Å². The fraction of sp³-hybridized carbons (Fsp3) is 0.562. The van der Waals surface area contributed by atoms with Gasteiger partial charge < -0.3 is 37.9 Å². The minimum Gasteiger partial charge on any atom is -1.00 e. The van der Waals surface area contributed by atoms with Gasteiger partial charge in [0.25, 0.3) is 0 Å². The molecule has 4 nitrogen and oxygen atoms in total. The summed E-state index contributed by atoms with van der Waals surface area (Å²) in [7, 11) is 3.86. The van der Waals surface area contributed by atoms with Gasteiger partial charge in [0, 0.05) is 0 Å². The molecule has 0 unspecified atom stereocenters. The normalized spacial score (nSPS) is 16.7. The molecule has 1 fully saturated rings. The van der Waals surface area contributed by atoms with Crippen molar-refractivity contribution < 1.29 is 42.7 Å². The number of rotatable bonds is 5. The number of carbonyl (C=O) groups is 1. The molecule has 1 aromatic carbocycles. The Hall–Kier alpha value is -0.820. The number of esters is 1. The first kappa shape index (κ1) is 18.2. The van der Waals surface area contributed by atoms with Crippen LogP contribution in [0.2, 0.25) is 0 Å². The molecule has 0 N–H and O–H groups in total. The second-order valence-electron chi connectivity index (χ2n) is 5.72. The van der Waals surface area contributed by atoms with Crippen LogP contribution in [0.15, 0.2) is 24.3 Å². The van der Waals surface area contributed by atoms with E-state index in [2.05, 4.69) is 7.05 Å². The molecule has 0 bridgehead atoms. The highest BCUT2D eigenvalue weighted by Crippen LogP contribution is 2.16. The number of piperidine rings is 1. The van der Waals surface area contributed by atoms with E-state index < -0.39 is 0 Å². The van der Waals surface area contributed by atoms with Gasteiger partial charge in [-0.05, 0) is 43.5 Å². The Morgan fingerprint density at radius 1 is 1.14 bits per heavy atom. The minimum atomic E-state index is -0.253. The summed E-state index contributed by atoms with van der Waals surface area (Å²) in [6.07, 6.45) is 3.89. The summed E-state index contributed by atoms with van der Waals surface area (Å²) in [6, 6.07) is 7.01. The zero-order valence-corrected chi connectivity index (χ0v) is 15.0. The van der Waals surface area contributed by atoms with E-state index in [0.717, 1.165) is 16.8 Å². The standard InChI is InChI=1S/C16H24NO3.HI/c1-17(10-4-3-5-11-17)12-13-20-16(18)14-6-8-15(19-2)9-7-14;/h6-9H,3-5,10-13H2,1-2H3;1H/q+1;/p-1. The number of carbonyl (C=O) groups excluding carboxylic acids is 1. The number of benzene rings is 1. The molecule has 0 radical (unpaired) electrons. The van der Waals surface area contributed by atoms with Gasteiger partial charge in [-0.2, -0.15) is 0 Å². The predicted octanol–water partition coefficient (Wildman–Crippen LogP) is -0.513. The Morgan fingerprint density at radius 2 is 1.76 bits per heavy atom. The highest BCUT2D eigenvalue weighted by Gasteiger charge is 2.24. The molecule has 0 atom stereocenters. The Kier molecular flexibility index (Phi) is 7.45. The van der Waals surface area contributed by atoms with Gasteiger partial charge in [0.05, 0.1) is 32.8 Å². The minimum absolute atomic E-state index is 0. The maximum atomic E-state index is 11.9. The molecule has 0 aliphatic carbocycles. The van der Waals surface area contributed by atoms with Crippen molar-refractivity contribution in [2.75, 3.05) is 40.4 Å². The molecule has 0 amide bonds. The van der Waals surface area contributed by atoms with Gasteiger partial charge in [0.2, 0.25) is 0 Å². The number of likely N-dealkylation sites (tertiary alicyclic amines) is 1. The van der Waals surface area contributed by atoms with Crippen LogP contribution < -0.4 is 28.7 Å². The van der Waals surface area contributed by atoms with Crippen molar-refractivity contribution in [3.8, 4) is 5.75 Å². The molecule has 21 heavy (non-hydrogen) atoms. The van der Waals surface area contributed by atoms with Crippen molar-refractivity contribution in [3.05, 3.63) is 29.8 Å². The first-order valence-electron chi connectivity index (χ1n) is 7.28. The molecule has 0 aromatic heterocycles. The molecule has 0 saturated carbocycles. The molecule has 0 spiro atoms. The number of halogens is 1. The lowest BCUT2D eigenvalue weighted by molar-refractivity contribution is -0.914. The molecule has 1 aliphatic heterocycles. The molecule has 1 aromatic rings. The number of ether oxygens (including phenoxy) is 2. The third kappa shape index (κ3) is 5.47. The van der Waals surface area contributed by atoms with Crippen LogP contribution in [0.5, 0.6) is 5.75 Å². The third-order valence-electron chi connectivity index (χ3n) is 4.09. The average Bonchev–Trinajstić information content (AvgIpc) is 2.48. The molecule has 2 rings (SSSR count). The van der Waals surface area contributed by atoms with Crippen LogP contribution in [0, 0.1) is 0 Å². The number of nitrogens with zero attached hydrogens (tertiary/aromatic N) is 1. The van der Waals surface area contributed by atoms with Crippen LogP contribution in [0.4, 0.5) is 0 Å². The van der Waals surface area contributed by atoms with Crippen LogP contribution in [0.1, 0.15) is 29.6 Å². The van der Waals surface area contributed by atoms with Crippen LogP contribution in [-0.4, -0.2) is 50.9 Å². The van der Waals surface area contributed by atoms with E-state index in [4.69, 9.17) is 9.47 Å². The van der Waals surface area contributed by atoms with E-state index in [0.29, 0.717) is 12.2 Å². The molecular formula is C16H24INO3. The van der Waals surface area contributed by atoms with Crippen LogP contribution in [0.3, 0.4) is 0 Å². The van der Waals surface area contributed by atoms with E-state index in [1.807, 2.05) is 0 Å². The first-order chi connectivity index (χ1) is 9.63. The van der Waals surface area contributed by atoms with Crippen molar-refractivity contribution in [1.29, 1.82) is 0 Å². The highest BCUT2D eigenvalue weighted by atomic mass is 127. The van der Waals surface area contributed by atoms with Gasteiger partial charge >= 0.3 is 5.97 Å². The number of methoxy groups -OCH3 is 1. The fourth-order valence-corrected chi connectivity index (χ4v) is 2.67. The Bertz CT molecular complexity index is 441. The molecule has 118 valence electrons. The van der Waals surface area contributed by atoms with Crippen molar-refractivity contribution in [1.82, 2.24) is 0 Å². The van der Waals surface area contributed by atoms with Crippen LogP contribution in [-0.2, 0) is 4.74 Å². The predicted molar refractivity (Wildman–Crippen MR) is 77.9 cm³/mol. The summed E-state index contributed by atoms with van der Waals surface area (Å²) in [4.78, 5) is 11.9. The SMILES string of the molecule is COc1ccc(C(=O)OCC[N+]2(C)CCCCC2)cc1.[I-]. The summed E-state index contributed by atoms with van der Waals surface area (Å²) in [6.45, 7) is 3.78. The quantitative estimate of drug-likeness (QED) is 0.376. The van der Waals surface area contributed by atoms with Crippen molar-refractivity contribution in [3.63, 3.8) is 0 Å². The maximum Gasteiger partial charge on any atom is 0.338 e. The Labute approximate surface area is 144 Å². The van der Waals surface area contributed by atoms with E-state index in [-0.39, 0.29) is 29.9 Å². The van der Waals surface area contributed by atoms with E-state index >= 15 is 0 Å². The molecule has 5 heteroatoms. The second-order valence-corrected chi connectivity index (χ2v) is 5.72. The van der Waals surface area contributed by atoms with Crippen molar-refractivity contribution in [2.24, 2.45) is 0 Å². The summed E-state index contributed by atoms with van der Waals surface area (Å²) in [5.41, 5.74) is 0.576. The lowest BCUT2D eigenvalue weighted by Crippen LogP contribution is -3.00. The largest absolute Gasteiger partial charge is 1.00 e. The lowest BCUT2D eigenvalue weighted by atomic mass is 10.1. The topological polar surface area (TPSA) is 35.5 Å². The third-order valence-corrected chi connectivity index (χ3v) is 4.09. The summed E-state index contributed by atoms with van der Waals surface area (Å²) in [5, 5.41) is 0. The van der Waals surface area contributed by atoms with E-state index in [1.165, 1.54) is 32.4 Å². The van der Waals surface area contributed by atoms with E-state index in [9.17, 15) is 4.79 Å². The number of likely N-dealkylation sites (N-methyl/N-ethyl adjacent to an activating group) is 1. The summed E-state index contributed by atoms with van der Waals surface area (Å²) < 4.78 is 11.5. The molecule has 1 saturated heterocycles. The average molecular weight is 405 g/mol. The summed E-state index contributed by atoms with van der Waals surface area (Å²) >= 11 is 0. The number of hydrogen-bond acceptors (Lipinski definition) is 3. The van der Waals surface area contributed by atoms with Crippen LogP contribution in [0.25, 0.3) is 0 Å². The second kappa shape index (κ2) is 8.58. The monoisotopic (exact) mass is 405 g/mol. The smallest absolute Gasteiger partial charge is 0.338 e. The Balaban J connectivity index is 0.00000220. The molecular weight excluding hydrogens is 381 g/mol. The van der Waals surface area contributed by atoms with E-state index in [1.54, 1.807) is 31.4 Å². The molecule has 1 aliphatic rings. The van der Waals surface area contributed by atoms with Gasteiger partial charge in [-0.15, -0.1) is 0 Å². The van der Waals surface area contributed by atoms with Gasteiger partial charge in [-0.1, -0.05) is 0 Å². The highest BCUT2D eigenvalue weighted by molar-refractivity contribution is 5.89. The Morgan fingerprint density at radius 3 is 2.33 bits per heavy atom. The number of quaternary nitrogens is 1. The zero-order chi connectivity index (χ0) is 14.4. The van der Waals surface area contributed by atoms with Gasteiger partial charge in [0.1, 0.15) is 18.9 Å². The molecule has 1 heterocycles. The zero-order valence-electron chi connectivity index (χ0n) is 12.8. The van der Waals surface area contributed by atoms with Crippen molar-refractivity contribution >= 4 is 5.97 Å². The summed E-state index contributed by atoms with van der Waals surface area (Å²) in [5.74, 6) is 0.490. The fourth-order valence-electron chi connectivity index (χ4n) is 2.67.